The molecule has 0 saturated heterocycles. The lowest BCUT2D eigenvalue weighted by atomic mass is 10.1. The van der Waals surface area contributed by atoms with Crippen molar-refractivity contribution in [1.82, 2.24) is 0 Å². The maximum atomic E-state index is 5.68. The van der Waals surface area contributed by atoms with E-state index < -0.39 is 0 Å². The Hall–Kier alpha value is -0.0800. The average Bonchev–Trinajstić information content (AvgIpc) is 1.82. The van der Waals surface area contributed by atoms with Crippen LogP contribution in [-0.2, 0) is 4.74 Å². The second-order valence-electron chi connectivity index (χ2n) is 2.57. The summed E-state index contributed by atoms with van der Waals surface area (Å²) >= 11 is 0. The van der Waals surface area contributed by atoms with Gasteiger partial charge in [-0.25, -0.2) is 0 Å². The Labute approximate surface area is 57.4 Å². The van der Waals surface area contributed by atoms with Crippen LogP contribution in [0.5, 0.6) is 0 Å². The summed E-state index contributed by atoms with van der Waals surface area (Å²) < 4.78 is 5.13. The monoisotopic (exact) mass is 131 g/mol. The van der Waals surface area contributed by atoms with Crippen molar-refractivity contribution in [2.45, 2.75) is 26.8 Å². The summed E-state index contributed by atoms with van der Waals surface area (Å²) in [5, 5.41) is 0. The van der Waals surface area contributed by atoms with Crippen molar-refractivity contribution >= 4 is 0 Å². The third-order valence-electron chi connectivity index (χ3n) is 1.37. The molecule has 1 unspecified atom stereocenters. The fourth-order valence-corrected chi connectivity index (χ4v) is 0.446. The lowest BCUT2D eigenvalue weighted by Gasteiger charge is -2.14. The lowest BCUT2D eigenvalue weighted by Crippen LogP contribution is -2.31. The smallest absolute Gasteiger partial charge is 0.0619 e. The van der Waals surface area contributed by atoms with Crippen molar-refractivity contribution in [3.63, 3.8) is 0 Å². The summed E-state index contributed by atoms with van der Waals surface area (Å²) in [6.45, 7) is 7.63. The van der Waals surface area contributed by atoms with Crippen LogP contribution < -0.4 is 5.73 Å². The van der Waals surface area contributed by atoms with Crippen LogP contribution in [0.4, 0.5) is 0 Å². The van der Waals surface area contributed by atoms with E-state index in [4.69, 9.17) is 10.5 Å². The fraction of sp³-hybridized carbons (Fsp3) is 1.00. The fourth-order valence-electron chi connectivity index (χ4n) is 0.446. The topological polar surface area (TPSA) is 35.2 Å². The first-order chi connectivity index (χ1) is 4.18. The molecule has 0 heterocycles. The first-order valence-corrected chi connectivity index (χ1v) is 3.51. The molecule has 0 aromatic carbocycles. The van der Waals surface area contributed by atoms with Gasteiger partial charge in [0.15, 0.2) is 0 Å². The van der Waals surface area contributed by atoms with Gasteiger partial charge < -0.3 is 10.5 Å². The van der Waals surface area contributed by atoms with Gasteiger partial charge in [0.05, 0.1) is 6.61 Å². The SMILES string of the molecule is CCOCC(N)C(C)C. The average molecular weight is 131 g/mol. The quantitative estimate of drug-likeness (QED) is 0.618. The van der Waals surface area contributed by atoms with Gasteiger partial charge in [-0.2, -0.15) is 0 Å². The van der Waals surface area contributed by atoms with Crippen LogP contribution in [0.2, 0.25) is 0 Å². The van der Waals surface area contributed by atoms with Crippen LogP contribution in [0, 0.1) is 5.92 Å². The molecule has 0 saturated carbocycles. The van der Waals surface area contributed by atoms with E-state index in [0.717, 1.165) is 6.61 Å². The van der Waals surface area contributed by atoms with E-state index in [1.165, 1.54) is 0 Å². The van der Waals surface area contributed by atoms with E-state index in [0.29, 0.717) is 12.5 Å². The molecule has 0 aliphatic carbocycles. The molecule has 0 radical (unpaired) electrons. The van der Waals surface area contributed by atoms with Gasteiger partial charge in [0.2, 0.25) is 0 Å². The summed E-state index contributed by atoms with van der Waals surface area (Å²) in [4.78, 5) is 0. The Bertz CT molecular complexity index is 63.9. The number of nitrogens with two attached hydrogens (primary N) is 1. The van der Waals surface area contributed by atoms with Gasteiger partial charge in [-0.1, -0.05) is 13.8 Å². The molecule has 2 N–H and O–H groups in total. The highest BCUT2D eigenvalue weighted by molar-refractivity contribution is 4.62. The van der Waals surface area contributed by atoms with E-state index in [1.807, 2.05) is 6.92 Å². The van der Waals surface area contributed by atoms with Crippen molar-refractivity contribution in [1.29, 1.82) is 0 Å². The van der Waals surface area contributed by atoms with Gasteiger partial charge in [0, 0.05) is 12.6 Å². The highest BCUT2D eigenvalue weighted by Crippen LogP contribution is 1.97. The van der Waals surface area contributed by atoms with Crippen molar-refractivity contribution < 1.29 is 4.74 Å². The number of hydrogen-bond acceptors (Lipinski definition) is 2. The van der Waals surface area contributed by atoms with E-state index in [1.54, 1.807) is 0 Å². The molecular formula is C7H17NO. The number of hydrogen-bond donors (Lipinski definition) is 1. The predicted octanol–water partition coefficient (Wildman–Crippen LogP) is 1.01. The summed E-state index contributed by atoms with van der Waals surface area (Å²) in [6, 6.07) is 0.199. The Kier molecular flexibility index (Phi) is 4.72. The molecule has 0 amide bonds. The second kappa shape index (κ2) is 4.77. The largest absolute Gasteiger partial charge is 0.380 e. The molecule has 2 nitrogen and oxygen atoms in total. The minimum absolute atomic E-state index is 0.199. The van der Waals surface area contributed by atoms with Crippen molar-refractivity contribution in [2.24, 2.45) is 11.7 Å². The molecule has 0 aromatic rings. The molecule has 1 atom stereocenters. The van der Waals surface area contributed by atoms with Gasteiger partial charge >= 0.3 is 0 Å². The Morgan fingerprint density at radius 1 is 1.44 bits per heavy atom. The van der Waals surface area contributed by atoms with Crippen LogP contribution in [-0.4, -0.2) is 19.3 Å². The van der Waals surface area contributed by atoms with Crippen LogP contribution >= 0.6 is 0 Å². The van der Waals surface area contributed by atoms with Crippen LogP contribution in [0.15, 0.2) is 0 Å². The molecule has 0 aliphatic rings. The Balaban J connectivity index is 3.16. The van der Waals surface area contributed by atoms with Crippen LogP contribution in [0.1, 0.15) is 20.8 Å². The molecule has 56 valence electrons. The van der Waals surface area contributed by atoms with Crippen LogP contribution in [0.25, 0.3) is 0 Å². The zero-order chi connectivity index (χ0) is 7.28. The summed E-state index contributed by atoms with van der Waals surface area (Å²) in [6.07, 6.45) is 0. The van der Waals surface area contributed by atoms with E-state index in [-0.39, 0.29) is 6.04 Å². The molecule has 0 aliphatic heterocycles. The molecule has 0 spiro atoms. The van der Waals surface area contributed by atoms with Crippen LogP contribution in [0.3, 0.4) is 0 Å². The molecule has 0 rings (SSSR count). The zero-order valence-electron chi connectivity index (χ0n) is 6.55. The molecular weight excluding hydrogens is 114 g/mol. The summed E-state index contributed by atoms with van der Waals surface area (Å²) in [7, 11) is 0. The van der Waals surface area contributed by atoms with Crippen molar-refractivity contribution in [3.05, 3.63) is 0 Å². The van der Waals surface area contributed by atoms with E-state index in [9.17, 15) is 0 Å². The van der Waals surface area contributed by atoms with Gasteiger partial charge in [0.25, 0.3) is 0 Å². The second-order valence-corrected chi connectivity index (χ2v) is 2.57. The van der Waals surface area contributed by atoms with Gasteiger partial charge in [-0.15, -0.1) is 0 Å². The van der Waals surface area contributed by atoms with Crippen molar-refractivity contribution in [2.75, 3.05) is 13.2 Å². The summed E-state index contributed by atoms with van der Waals surface area (Å²) in [5.41, 5.74) is 5.68. The van der Waals surface area contributed by atoms with E-state index >= 15 is 0 Å². The molecule has 9 heavy (non-hydrogen) atoms. The normalized spacial score (nSPS) is 14.3. The first-order valence-electron chi connectivity index (χ1n) is 3.51. The number of rotatable bonds is 4. The standard InChI is InChI=1S/C7H17NO/c1-4-9-5-7(8)6(2)3/h6-7H,4-5,8H2,1-3H3. The lowest BCUT2D eigenvalue weighted by molar-refractivity contribution is 0.121. The van der Waals surface area contributed by atoms with Gasteiger partial charge in [-0.3, -0.25) is 0 Å². The maximum absolute atomic E-state index is 5.68. The third-order valence-corrected chi connectivity index (χ3v) is 1.37. The molecule has 0 bridgehead atoms. The molecule has 0 fully saturated rings. The third kappa shape index (κ3) is 4.43. The van der Waals surface area contributed by atoms with Gasteiger partial charge in [-0.05, 0) is 12.8 Å². The first kappa shape index (κ1) is 8.92. The van der Waals surface area contributed by atoms with Gasteiger partial charge in [0.1, 0.15) is 0 Å². The molecule has 2 heteroatoms. The summed E-state index contributed by atoms with van der Waals surface area (Å²) in [5.74, 6) is 0.525. The maximum Gasteiger partial charge on any atom is 0.0619 e. The Morgan fingerprint density at radius 2 is 2.00 bits per heavy atom. The highest BCUT2D eigenvalue weighted by Gasteiger charge is 2.05. The molecule has 0 aromatic heterocycles. The van der Waals surface area contributed by atoms with E-state index in [2.05, 4.69) is 13.8 Å². The minimum atomic E-state index is 0.199. The van der Waals surface area contributed by atoms with Crippen molar-refractivity contribution in [3.8, 4) is 0 Å². The predicted molar refractivity (Wildman–Crippen MR) is 39.3 cm³/mol. The minimum Gasteiger partial charge on any atom is -0.380 e. The highest BCUT2D eigenvalue weighted by atomic mass is 16.5. The zero-order valence-corrected chi connectivity index (χ0v) is 6.55. The Morgan fingerprint density at radius 3 is 2.33 bits per heavy atom. The number of ether oxygens (including phenoxy) is 1.